The van der Waals surface area contributed by atoms with Gasteiger partial charge < -0.3 is 9.57 Å². The Bertz CT molecular complexity index is 153. The topological polar surface area (TPSA) is 30.8 Å². The Kier molecular flexibility index (Phi) is 1.69. The van der Waals surface area contributed by atoms with Crippen molar-refractivity contribution in [3.63, 3.8) is 0 Å². The first-order valence-corrected chi connectivity index (χ1v) is 2.52. The normalized spacial score (nSPS) is 18.1. The maximum atomic E-state index is 11.3. The summed E-state index contributed by atoms with van der Waals surface area (Å²) in [6, 6.07) is 0. The van der Waals surface area contributed by atoms with Crippen molar-refractivity contribution in [2.75, 3.05) is 6.61 Å². The average Bonchev–Trinajstić information content (AvgIpc) is 2.12. The Labute approximate surface area is 54.4 Å². The fraction of sp³-hybridized carbons (Fsp3) is 0.750. The molecule has 10 heavy (non-hydrogen) atoms. The molecule has 0 radical (unpaired) electrons. The molecule has 0 saturated heterocycles. The number of rotatable bonds is 0. The Hall–Kier alpha value is -0.940. The highest BCUT2D eigenvalue weighted by molar-refractivity contribution is 5.76. The van der Waals surface area contributed by atoms with Gasteiger partial charge in [-0.3, -0.25) is 0 Å². The Morgan fingerprint density at radius 2 is 2.20 bits per heavy atom. The van der Waals surface area contributed by atoms with Crippen LogP contribution in [-0.4, -0.2) is 18.9 Å². The lowest BCUT2D eigenvalue weighted by Crippen LogP contribution is -2.17. The van der Waals surface area contributed by atoms with Gasteiger partial charge in [0.1, 0.15) is 6.61 Å². The molecule has 0 bridgehead atoms. The predicted octanol–water partition coefficient (Wildman–Crippen LogP) is 1.26. The molecule has 1 aliphatic heterocycles. The molecule has 0 fully saturated rings. The van der Waals surface area contributed by atoms with Gasteiger partial charge in [0.25, 0.3) is 0 Å². The van der Waals surface area contributed by atoms with Gasteiger partial charge in [0.2, 0.25) is 5.90 Å². The van der Waals surface area contributed by atoms with Gasteiger partial charge in [0.05, 0.1) is 6.42 Å². The van der Waals surface area contributed by atoms with Crippen LogP contribution in [0.3, 0.4) is 0 Å². The molecule has 0 atom stereocenters. The molecule has 1 aliphatic rings. The fourth-order valence-corrected chi connectivity index (χ4v) is 0.499. The van der Waals surface area contributed by atoms with Crippen molar-refractivity contribution in [2.24, 2.45) is 5.16 Å². The molecule has 0 aromatic carbocycles. The molecule has 0 aromatic rings. The number of hydrogen-bond donors (Lipinski definition) is 0. The summed E-state index contributed by atoms with van der Waals surface area (Å²) in [4.78, 5) is 4.27. The summed E-state index contributed by atoms with van der Waals surface area (Å²) < 4.78 is 37.5. The predicted molar refractivity (Wildman–Crippen MR) is 25.1 cm³/mol. The van der Waals surface area contributed by atoms with E-state index in [9.17, 15) is 13.2 Å². The second-order valence-corrected chi connectivity index (χ2v) is 1.62. The van der Waals surface area contributed by atoms with Crippen LogP contribution in [0.1, 0.15) is 6.42 Å². The van der Waals surface area contributed by atoms with E-state index in [0.29, 0.717) is 0 Å². The Balaban J connectivity index is 2.38. The third-order valence-corrected chi connectivity index (χ3v) is 0.807. The van der Waals surface area contributed by atoms with E-state index in [-0.39, 0.29) is 13.0 Å². The summed E-state index contributed by atoms with van der Waals surface area (Å²) in [5, 5.41) is 3.00. The highest BCUT2D eigenvalue weighted by Gasteiger charge is 2.33. The van der Waals surface area contributed by atoms with Gasteiger partial charge >= 0.3 is 6.36 Å². The van der Waals surface area contributed by atoms with E-state index in [1.165, 1.54) is 0 Å². The minimum Gasteiger partial charge on any atom is -0.393 e. The number of nitrogens with zero attached hydrogens (tertiary/aromatic N) is 1. The largest absolute Gasteiger partial charge is 0.574 e. The summed E-state index contributed by atoms with van der Waals surface area (Å²) in [6.07, 6.45) is -4.56. The minimum atomic E-state index is -4.65. The van der Waals surface area contributed by atoms with Crippen LogP contribution >= 0.6 is 0 Å². The third kappa shape index (κ3) is 2.12. The molecule has 0 aromatic heterocycles. The molecule has 1 heterocycles. The number of ether oxygens (including phenoxy) is 1. The van der Waals surface area contributed by atoms with Gasteiger partial charge in [-0.15, -0.1) is 13.2 Å². The average molecular weight is 155 g/mol. The van der Waals surface area contributed by atoms with Gasteiger partial charge in [-0.1, -0.05) is 5.16 Å². The van der Waals surface area contributed by atoms with Crippen molar-refractivity contribution in [1.82, 2.24) is 0 Å². The van der Waals surface area contributed by atoms with Gasteiger partial charge in [0.15, 0.2) is 0 Å². The standard InChI is InChI=1S/C4H4F3NO2/c5-4(6,7)10-3-1-2-9-8-3/h1-2H2. The molecule has 1 rings (SSSR count). The van der Waals surface area contributed by atoms with Crippen LogP contribution in [0.25, 0.3) is 0 Å². The number of halogens is 3. The zero-order chi connectivity index (χ0) is 7.61. The van der Waals surface area contributed by atoms with Crippen LogP contribution in [0.5, 0.6) is 0 Å². The van der Waals surface area contributed by atoms with Gasteiger partial charge in [0, 0.05) is 0 Å². The van der Waals surface area contributed by atoms with Crippen LogP contribution in [0.15, 0.2) is 5.16 Å². The maximum Gasteiger partial charge on any atom is 0.574 e. The monoisotopic (exact) mass is 155 g/mol. The van der Waals surface area contributed by atoms with E-state index in [2.05, 4.69) is 14.7 Å². The summed E-state index contributed by atoms with van der Waals surface area (Å²) >= 11 is 0. The molecule has 0 N–H and O–H groups in total. The maximum absolute atomic E-state index is 11.3. The van der Waals surface area contributed by atoms with Gasteiger partial charge in [-0.2, -0.15) is 0 Å². The van der Waals surface area contributed by atoms with Crippen LogP contribution in [0, 0.1) is 0 Å². The zero-order valence-electron chi connectivity index (χ0n) is 4.81. The second-order valence-electron chi connectivity index (χ2n) is 1.62. The molecule has 0 spiro atoms. The first kappa shape index (κ1) is 7.17. The highest BCUT2D eigenvalue weighted by atomic mass is 19.4. The van der Waals surface area contributed by atoms with Crippen LogP contribution in [0.2, 0.25) is 0 Å². The molecular weight excluding hydrogens is 151 g/mol. The molecule has 0 unspecified atom stereocenters. The van der Waals surface area contributed by atoms with E-state index >= 15 is 0 Å². The van der Waals surface area contributed by atoms with Crippen molar-refractivity contribution >= 4 is 5.90 Å². The van der Waals surface area contributed by atoms with E-state index < -0.39 is 12.3 Å². The summed E-state index contributed by atoms with van der Waals surface area (Å²) in [5.74, 6) is -0.410. The van der Waals surface area contributed by atoms with E-state index in [0.717, 1.165) is 0 Å². The Morgan fingerprint density at radius 3 is 2.60 bits per heavy atom. The number of alkyl halides is 3. The summed E-state index contributed by atoms with van der Waals surface area (Å²) in [7, 11) is 0. The van der Waals surface area contributed by atoms with Gasteiger partial charge in [-0.05, 0) is 0 Å². The Morgan fingerprint density at radius 1 is 1.50 bits per heavy atom. The highest BCUT2D eigenvalue weighted by Crippen LogP contribution is 2.19. The smallest absolute Gasteiger partial charge is 0.393 e. The van der Waals surface area contributed by atoms with E-state index in [4.69, 9.17) is 0 Å². The minimum absolute atomic E-state index is 0.0828. The quantitative estimate of drug-likeness (QED) is 0.527. The third-order valence-electron chi connectivity index (χ3n) is 0.807. The van der Waals surface area contributed by atoms with Crippen molar-refractivity contribution in [3.05, 3.63) is 0 Å². The van der Waals surface area contributed by atoms with Crippen LogP contribution < -0.4 is 0 Å². The van der Waals surface area contributed by atoms with Crippen molar-refractivity contribution in [1.29, 1.82) is 0 Å². The first-order chi connectivity index (χ1) is 4.58. The molecule has 0 aliphatic carbocycles. The second kappa shape index (κ2) is 2.36. The SMILES string of the molecule is FC(F)(F)OC1=NOCC1. The molecule has 0 amide bonds. The zero-order valence-corrected chi connectivity index (χ0v) is 4.81. The lowest BCUT2D eigenvalue weighted by Gasteiger charge is -2.04. The van der Waals surface area contributed by atoms with E-state index in [1.54, 1.807) is 0 Å². The number of hydrogen-bond acceptors (Lipinski definition) is 3. The lowest BCUT2D eigenvalue weighted by atomic mass is 10.5. The summed E-state index contributed by atoms with van der Waals surface area (Å²) in [5.41, 5.74) is 0. The van der Waals surface area contributed by atoms with Crippen molar-refractivity contribution in [2.45, 2.75) is 12.8 Å². The molecule has 58 valence electrons. The molecule has 6 heteroatoms. The lowest BCUT2D eigenvalue weighted by molar-refractivity contribution is -0.284. The van der Waals surface area contributed by atoms with Crippen molar-refractivity contribution in [3.8, 4) is 0 Å². The summed E-state index contributed by atoms with van der Waals surface area (Å²) in [6.45, 7) is 0.158. The van der Waals surface area contributed by atoms with Gasteiger partial charge in [-0.25, -0.2) is 0 Å². The van der Waals surface area contributed by atoms with Crippen LogP contribution in [0.4, 0.5) is 13.2 Å². The molecule has 0 saturated carbocycles. The molecular formula is C4H4F3NO2. The fourth-order valence-electron chi connectivity index (χ4n) is 0.499. The van der Waals surface area contributed by atoms with Crippen molar-refractivity contribution < 1.29 is 22.7 Å². The van der Waals surface area contributed by atoms with E-state index in [1.807, 2.05) is 0 Å². The first-order valence-electron chi connectivity index (χ1n) is 2.52. The molecule has 3 nitrogen and oxygen atoms in total. The van der Waals surface area contributed by atoms with Crippen LogP contribution in [-0.2, 0) is 9.57 Å². The number of oxime groups is 1.